The van der Waals surface area contributed by atoms with Crippen molar-refractivity contribution in [2.45, 2.75) is 12.8 Å². The molecule has 0 amide bonds. The summed E-state index contributed by atoms with van der Waals surface area (Å²) in [5, 5.41) is 20.7. The zero-order valence-corrected chi connectivity index (χ0v) is 16.5. The van der Waals surface area contributed by atoms with E-state index in [0.29, 0.717) is 6.42 Å². The van der Waals surface area contributed by atoms with Gasteiger partial charge < -0.3 is 10.4 Å². The number of nitrogens with one attached hydrogen (secondary N) is 1. The number of anilines is 2. The number of aryl methyl sites for hydroxylation is 1. The van der Waals surface area contributed by atoms with Crippen LogP contribution in [0.5, 0.6) is 0 Å². The van der Waals surface area contributed by atoms with Gasteiger partial charge in [-0.1, -0.05) is 35.6 Å². The van der Waals surface area contributed by atoms with Crippen LogP contribution in [0.15, 0.2) is 79.3 Å². The van der Waals surface area contributed by atoms with Gasteiger partial charge in [-0.25, -0.2) is 4.68 Å². The van der Waals surface area contributed by atoms with Gasteiger partial charge in [0.25, 0.3) is 0 Å². The van der Waals surface area contributed by atoms with E-state index in [2.05, 4.69) is 57.0 Å². The second-order valence-corrected chi connectivity index (χ2v) is 6.89. The summed E-state index contributed by atoms with van der Waals surface area (Å²) >= 11 is 0. The van der Waals surface area contributed by atoms with Gasteiger partial charge in [0.05, 0.1) is 17.6 Å². The van der Waals surface area contributed by atoms with Crippen molar-refractivity contribution < 1.29 is 5.11 Å². The molecule has 0 bridgehead atoms. The van der Waals surface area contributed by atoms with E-state index in [4.69, 9.17) is 5.11 Å². The Morgan fingerprint density at radius 2 is 1.67 bits per heavy atom. The quantitative estimate of drug-likeness (QED) is 0.458. The number of pyridine rings is 1. The van der Waals surface area contributed by atoms with Gasteiger partial charge in [-0.05, 0) is 66.4 Å². The van der Waals surface area contributed by atoms with Crippen LogP contribution in [-0.4, -0.2) is 31.7 Å². The van der Waals surface area contributed by atoms with Crippen LogP contribution in [0, 0.1) is 0 Å². The number of nitrogens with zero attached hydrogens (tertiary/aromatic N) is 4. The Morgan fingerprint density at radius 3 is 2.43 bits per heavy atom. The normalized spacial score (nSPS) is 11.1. The van der Waals surface area contributed by atoms with Crippen LogP contribution in [0.3, 0.4) is 0 Å². The first-order valence-corrected chi connectivity index (χ1v) is 9.88. The van der Waals surface area contributed by atoms with Crippen molar-refractivity contribution in [3.63, 3.8) is 0 Å². The fourth-order valence-electron chi connectivity index (χ4n) is 3.04. The molecule has 0 saturated heterocycles. The van der Waals surface area contributed by atoms with Gasteiger partial charge in [0.1, 0.15) is 0 Å². The van der Waals surface area contributed by atoms with Crippen LogP contribution in [0.1, 0.15) is 23.2 Å². The molecule has 6 heteroatoms. The van der Waals surface area contributed by atoms with E-state index in [1.807, 2.05) is 42.6 Å². The van der Waals surface area contributed by atoms with Crippen LogP contribution >= 0.6 is 0 Å². The van der Waals surface area contributed by atoms with Gasteiger partial charge in [0, 0.05) is 30.4 Å². The predicted molar refractivity (Wildman–Crippen MR) is 120 cm³/mol. The molecular formula is C24H23N5O. The number of aliphatic hydroxyl groups excluding tert-OH is 1. The zero-order valence-electron chi connectivity index (χ0n) is 16.5. The van der Waals surface area contributed by atoms with Crippen molar-refractivity contribution in [3.05, 3.63) is 96.1 Å². The van der Waals surface area contributed by atoms with Crippen molar-refractivity contribution in [2.75, 3.05) is 11.9 Å². The van der Waals surface area contributed by atoms with E-state index in [1.54, 1.807) is 17.1 Å². The summed E-state index contributed by atoms with van der Waals surface area (Å²) in [4.78, 5) is 4.03. The Balaban J connectivity index is 1.42. The van der Waals surface area contributed by atoms with E-state index < -0.39 is 0 Å². The largest absolute Gasteiger partial charge is 0.396 e. The maximum atomic E-state index is 8.96. The Bertz CT molecular complexity index is 1100. The summed E-state index contributed by atoms with van der Waals surface area (Å²) in [5.74, 6) is 0. The summed E-state index contributed by atoms with van der Waals surface area (Å²) in [6.07, 6.45) is 11.0. The average Bonchev–Trinajstić information content (AvgIpc) is 3.27. The fourth-order valence-corrected chi connectivity index (χ4v) is 3.04. The molecule has 0 unspecified atom stereocenters. The fraction of sp³-hybridized carbons (Fsp3) is 0.125. The molecule has 2 aromatic carbocycles. The molecule has 4 rings (SSSR count). The number of hydrogen-bond donors (Lipinski definition) is 2. The number of hydrogen-bond acceptors (Lipinski definition) is 5. The highest BCUT2D eigenvalue weighted by Gasteiger charge is 2.04. The summed E-state index contributed by atoms with van der Waals surface area (Å²) in [7, 11) is 0. The topological polar surface area (TPSA) is 75.9 Å². The highest BCUT2D eigenvalue weighted by Crippen LogP contribution is 2.20. The highest BCUT2D eigenvalue weighted by atomic mass is 16.2. The number of benzene rings is 2. The maximum absolute atomic E-state index is 8.96. The van der Waals surface area contributed by atoms with Crippen molar-refractivity contribution in [1.29, 1.82) is 0 Å². The van der Waals surface area contributed by atoms with Crippen LogP contribution in [-0.2, 0) is 6.42 Å². The molecule has 150 valence electrons. The van der Waals surface area contributed by atoms with Crippen molar-refractivity contribution >= 4 is 23.5 Å². The molecule has 2 aromatic heterocycles. The van der Waals surface area contributed by atoms with E-state index in [0.717, 1.165) is 40.3 Å². The lowest BCUT2D eigenvalue weighted by atomic mass is 10.1. The van der Waals surface area contributed by atoms with Crippen molar-refractivity contribution in [1.82, 2.24) is 20.0 Å². The zero-order chi connectivity index (χ0) is 20.6. The number of aliphatic hydroxyl groups is 1. The van der Waals surface area contributed by atoms with Crippen LogP contribution < -0.4 is 5.32 Å². The van der Waals surface area contributed by atoms with Crippen LogP contribution in [0.25, 0.3) is 17.8 Å². The van der Waals surface area contributed by atoms with Crippen LogP contribution in [0.2, 0.25) is 0 Å². The second kappa shape index (κ2) is 9.62. The molecule has 0 aliphatic rings. The van der Waals surface area contributed by atoms with E-state index in [-0.39, 0.29) is 6.61 Å². The maximum Gasteiger partial charge on any atom is 0.0832 e. The van der Waals surface area contributed by atoms with Crippen molar-refractivity contribution in [3.8, 4) is 5.69 Å². The Labute approximate surface area is 175 Å². The van der Waals surface area contributed by atoms with Gasteiger partial charge in [0.15, 0.2) is 0 Å². The first kappa shape index (κ1) is 19.5. The summed E-state index contributed by atoms with van der Waals surface area (Å²) < 4.78 is 1.75. The monoisotopic (exact) mass is 397 g/mol. The average molecular weight is 397 g/mol. The molecule has 30 heavy (non-hydrogen) atoms. The molecule has 0 radical (unpaired) electrons. The SMILES string of the molecule is OCCCc1cn(-c2cccc(Nc3ccc(C=Cc4ccncc4)cc3)c2)nn1. The third-order valence-corrected chi connectivity index (χ3v) is 4.62. The van der Waals surface area contributed by atoms with E-state index >= 15 is 0 Å². The van der Waals surface area contributed by atoms with E-state index in [1.165, 1.54) is 0 Å². The first-order chi connectivity index (χ1) is 14.8. The van der Waals surface area contributed by atoms with Gasteiger partial charge in [-0.3, -0.25) is 4.98 Å². The van der Waals surface area contributed by atoms with Crippen molar-refractivity contribution in [2.24, 2.45) is 0 Å². The lowest BCUT2D eigenvalue weighted by molar-refractivity contribution is 0.288. The molecule has 4 aromatic rings. The molecule has 2 N–H and O–H groups in total. The van der Waals surface area contributed by atoms with Gasteiger partial charge in [-0.2, -0.15) is 0 Å². The lowest BCUT2D eigenvalue weighted by Crippen LogP contribution is -1.97. The standard InChI is InChI=1S/C24H23N5O/c30-16-2-4-23-18-29(28-27-23)24-5-1-3-22(17-24)26-21-10-8-19(9-11-21)6-7-20-12-14-25-15-13-20/h1,3,5-15,17-18,26,30H,2,4,16H2. The molecule has 0 aliphatic carbocycles. The molecule has 0 aliphatic heterocycles. The minimum atomic E-state index is 0.157. The van der Waals surface area contributed by atoms with Crippen LogP contribution in [0.4, 0.5) is 11.4 Å². The molecule has 2 heterocycles. The third kappa shape index (κ3) is 5.18. The van der Waals surface area contributed by atoms with Gasteiger partial charge in [-0.15, -0.1) is 5.10 Å². The summed E-state index contributed by atoms with van der Waals surface area (Å²) in [5.41, 5.74) is 6.04. The second-order valence-electron chi connectivity index (χ2n) is 6.89. The predicted octanol–water partition coefficient (Wildman–Crippen LogP) is 4.50. The third-order valence-electron chi connectivity index (χ3n) is 4.62. The minimum Gasteiger partial charge on any atom is -0.396 e. The minimum absolute atomic E-state index is 0.157. The smallest absolute Gasteiger partial charge is 0.0832 e. The Kier molecular flexibility index (Phi) is 6.27. The molecule has 0 saturated carbocycles. The van der Waals surface area contributed by atoms with Gasteiger partial charge >= 0.3 is 0 Å². The molecule has 0 fully saturated rings. The Hall–Kier alpha value is -3.77. The molecule has 0 atom stereocenters. The number of aromatic nitrogens is 4. The number of rotatable bonds is 8. The van der Waals surface area contributed by atoms with E-state index in [9.17, 15) is 0 Å². The summed E-state index contributed by atoms with van der Waals surface area (Å²) in [6.45, 7) is 0.157. The Morgan fingerprint density at radius 1 is 0.900 bits per heavy atom. The highest BCUT2D eigenvalue weighted by molar-refractivity contribution is 5.71. The first-order valence-electron chi connectivity index (χ1n) is 9.88. The molecule has 6 nitrogen and oxygen atoms in total. The lowest BCUT2D eigenvalue weighted by Gasteiger charge is -2.08. The van der Waals surface area contributed by atoms with Gasteiger partial charge in [0.2, 0.25) is 0 Å². The molecular weight excluding hydrogens is 374 g/mol. The molecule has 0 spiro atoms. The summed E-state index contributed by atoms with van der Waals surface area (Å²) in [6, 6.07) is 20.2.